The molecule has 0 unspecified atom stereocenters. The summed E-state index contributed by atoms with van der Waals surface area (Å²) in [6.07, 6.45) is 0.276. The van der Waals surface area contributed by atoms with Crippen molar-refractivity contribution >= 4 is 29.3 Å². The molecule has 1 heterocycles. The van der Waals surface area contributed by atoms with Crippen LogP contribution in [0.25, 0.3) is 22.3 Å². The quantitative estimate of drug-likeness (QED) is 0.359. The molecule has 198 valence electrons. The first-order valence-corrected chi connectivity index (χ1v) is 12.9. The zero-order chi connectivity index (χ0) is 29.7. The smallest absolute Gasteiger partial charge is 0.410 e. The number of nitrogens with zero attached hydrogens (tertiary/aromatic N) is 2. The summed E-state index contributed by atoms with van der Waals surface area (Å²) >= 11 is 6.33. The van der Waals surface area contributed by atoms with Gasteiger partial charge in [0.15, 0.2) is 0 Å². The van der Waals surface area contributed by atoms with Gasteiger partial charge in [-0.05, 0) is 97.0 Å². The van der Waals surface area contributed by atoms with E-state index in [9.17, 15) is 9.59 Å². The number of fused-ring (bicyclic) bond motifs is 3. The summed E-state index contributed by atoms with van der Waals surface area (Å²) in [5, 5.41) is 0.150. The second kappa shape index (κ2) is 9.87. The van der Waals surface area contributed by atoms with Gasteiger partial charge in [0.1, 0.15) is 11.4 Å². The van der Waals surface area contributed by atoms with Crippen LogP contribution in [0.2, 0.25) is 5.02 Å². The van der Waals surface area contributed by atoms with Crippen molar-refractivity contribution in [3.8, 4) is 28.0 Å². The third kappa shape index (κ3) is 5.03. The fraction of sp³-hybridized carbons (Fsp3) is 0.333. The number of halogens is 1. The number of amides is 2. The molecule has 1 aliphatic carbocycles. The number of hydrogen-bond acceptors (Lipinski definition) is 5. The lowest BCUT2D eigenvalue weighted by molar-refractivity contribution is 0.0240. The van der Waals surface area contributed by atoms with Crippen LogP contribution in [-0.2, 0) is 11.2 Å². The Hall–Kier alpha value is -3.71. The van der Waals surface area contributed by atoms with E-state index < -0.39 is 18.5 Å². The van der Waals surface area contributed by atoms with Gasteiger partial charge in [-0.3, -0.25) is 4.79 Å². The number of anilines is 1. The molecule has 0 spiro atoms. The monoisotopic (exact) mass is 536 g/mol. The first-order valence-electron chi connectivity index (χ1n) is 14.0. The Labute approximate surface area is 232 Å². The summed E-state index contributed by atoms with van der Waals surface area (Å²) < 4.78 is 32.5. The minimum Gasteiger partial charge on any atom is -0.495 e. The van der Waals surface area contributed by atoms with Gasteiger partial charge in [0.25, 0.3) is 0 Å². The number of primary amides is 1. The SMILES string of the molecule is [2H]C([2H])([2H])Oc1ccc(-c2cc(C(N)=O)c3c(c2)-c2ccc(N4CCN(C(=O)OC(C)(C)C)CC4)cc2C3)cc1Cl. The van der Waals surface area contributed by atoms with E-state index in [1.165, 1.54) is 6.07 Å². The average molecular weight is 537 g/mol. The molecule has 38 heavy (non-hydrogen) atoms. The lowest BCUT2D eigenvalue weighted by Crippen LogP contribution is -2.50. The number of nitrogens with two attached hydrogens (primary N) is 1. The highest BCUT2D eigenvalue weighted by molar-refractivity contribution is 6.32. The van der Waals surface area contributed by atoms with E-state index in [2.05, 4.69) is 23.1 Å². The summed E-state index contributed by atoms with van der Waals surface area (Å²) in [5.74, 6) is -0.473. The van der Waals surface area contributed by atoms with Gasteiger partial charge in [0, 0.05) is 37.4 Å². The lowest BCUT2D eigenvalue weighted by atomic mass is 9.94. The van der Waals surface area contributed by atoms with E-state index >= 15 is 0 Å². The van der Waals surface area contributed by atoms with E-state index in [1.807, 2.05) is 26.8 Å². The van der Waals surface area contributed by atoms with E-state index in [1.54, 1.807) is 23.1 Å². The molecule has 7 nitrogen and oxygen atoms in total. The number of rotatable bonds is 4. The van der Waals surface area contributed by atoms with Crippen LogP contribution >= 0.6 is 11.6 Å². The molecule has 1 fully saturated rings. The number of methoxy groups -OCH3 is 1. The van der Waals surface area contributed by atoms with Crippen LogP contribution in [0.15, 0.2) is 48.5 Å². The molecule has 8 heteroatoms. The number of carbonyl (C=O) groups is 2. The molecule has 5 rings (SSSR count). The first-order chi connectivity index (χ1) is 19.2. The van der Waals surface area contributed by atoms with E-state index in [-0.39, 0.29) is 16.9 Å². The summed E-state index contributed by atoms with van der Waals surface area (Å²) in [7, 11) is -2.62. The maximum Gasteiger partial charge on any atom is 0.410 e. The molecular weight excluding hydrogens is 502 g/mol. The molecule has 3 aromatic rings. The van der Waals surface area contributed by atoms with Gasteiger partial charge < -0.3 is 25.0 Å². The molecule has 0 bridgehead atoms. The topological polar surface area (TPSA) is 85.1 Å². The maximum absolute atomic E-state index is 12.5. The third-order valence-electron chi connectivity index (χ3n) is 6.93. The molecule has 0 atom stereocenters. The van der Waals surface area contributed by atoms with Crippen molar-refractivity contribution < 1.29 is 23.2 Å². The van der Waals surface area contributed by atoms with Crippen LogP contribution in [0.4, 0.5) is 10.5 Å². The van der Waals surface area contributed by atoms with Crippen LogP contribution in [-0.4, -0.2) is 55.7 Å². The fourth-order valence-corrected chi connectivity index (χ4v) is 5.32. The van der Waals surface area contributed by atoms with Crippen molar-refractivity contribution in [2.75, 3.05) is 38.1 Å². The van der Waals surface area contributed by atoms with Crippen LogP contribution in [0.1, 0.15) is 46.4 Å². The highest BCUT2D eigenvalue weighted by atomic mass is 35.5. The van der Waals surface area contributed by atoms with E-state index in [0.29, 0.717) is 43.7 Å². The summed E-state index contributed by atoms with van der Waals surface area (Å²) in [5.41, 5.74) is 12.1. The normalized spacial score (nSPS) is 16.2. The number of ether oxygens (including phenoxy) is 2. The maximum atomic E-state index is 12.5. The number of piperazine rings is 1. The van der Waals surface area contributed by atoms with Crippen molar-refractivity contribution in [1.29, 1.82) is 0 Å². The molecule has 0 saturated carbocycles. The van der Waals surface area contributed by atoms with Gasteiger partial charge in [-0.25, -0.2) is 4.79 Å². The van der Waals surface area contributed by atoms with Crippen LogP contribution in [0, 0.1) is 0 Å². The summed E-state index contributed by atoms with van der Waals surface area (Å²) in [4.78, 5) is 29.0. The minimum absolute atomic E-state index is 0.0523. The van der Waals surface area contributed by atoms with Crippen LogP contribution in [0.3, 0.4) is 0 Å². The van der Waals surface area contributed by atoms with Crippen molar-refractivity contribution in [2.45, 2.75) is 32.8 Å². The highest BCUT2D eigenvalue weighted by Gasteiger charge is 2.28. The highest BCUT2D eigenvalue weighted by Crippen LogP contribution is 2.43. The lowest BCUT2D eigenvalue weighted by Gasteiger charge is -2.37. The summed E-state index contributed by atoms with van der Waals surface area (Å²) in [6.45, 7) is 8.09. The van der Waals surface area contributed by atoms with Gasteiger partial charge >= 0.3 is 6.09 Å². The van der Waals surface area contributed by atoms with Gasteiger partial charge in [0.2, 0.25) is 5.91 Å². The third-order valence-corrected chi connectivity index (χ3v) is 7.23. The number of benzene rings is 3. The predicted octanol–water partition coefficient (Wildman–Crippen LogP) is 5.74. The second-order valence-corrected chi connectivity index (χ2v) is 11.0. The van der Waals surface area contributed by atoms with Crippen molar-refractivity contribution in [2.24, 2.45) is 5.73 Å². The minimum atomic E-state index is -2.62. The Morgan fingerprint density at radius 1 is 0.974 bits per heavy atom. The standard InChI is InChI=1S/C30H32ClN3O4/c1-30(2,3)38-29(36)34-11-9-33(10-12-34)21-6-7-22-20(13-21)16-24-23(22)14-19(15-25(24)28(32)35)18-5-8-27(37-4)26(31)17-18/h5-8,13-15,17H,9-12,16H2,1-4H3,(H2,32,35)/i4D3. The molecule has 2 N–H and O–H groups in total. The second-order valence-electron chi connectivity index (χ2n) is 10.6. The molecule has 2 aliphatic rings. The number of carbonyl (C=O) groups excluding carboxylic acids is 2. The zero-order valence-corrected chi connectivity index (χ0v) is 22.4. The zero-order valence-electron chi connectivity index (χ0n) is 24.6. The van der Waals surface area contributed by atoms with Crippen molar-refractivity contribution in [1.82, 2.24) is 4.90 Å². The molecule has 0 radical (unpaired) electrons. The fourth-order valence-electron chi connectivity index (χ4n) is 5.10. The molecular formula is C30H32ClN3O4. The van der Waals surface area contributed by atoms with Gasteiger partial charge in [-0.15, -0.1) is 0 Å². The van der Waals surface area contributed by atoms with E-state index in [4.69, 9.17) is 30.9 Å². The Morgan fingerprint density at radius 3 is 2.39 bits per heavy atom. The molecule has 2 amide bonds. The Bertz CT molecular complexity index is 1530. The van der Waals surface area contributed by atoms with Gasteiger partial charge in [-0.2, -0.15) is 0 Å². The Kier molecular flexibility index (Phi) is 5.79. The largest absolute Gasteiger partial charge is 0.495 e. The molecule has 3 aromatic carbocycles. The van der Waals surface area contributed by atoms with Crippen molar-refractivity contribution in [3.63, 3.8) is 0 Å². The average Bonchev–Trinajstić information content (AvgIpc) is 3.25. The Balaban J connectivity index is 1.40. The van der Waals surface area contributed by atoms with E-state index in [0.717, 1.165) is 33.5 Å². The molecule has 1 saturated heterocycles. The summed E-state index contributed by atoms with van der Waals surface area (Å²) in [6, 6.07) is 14.8. The van der Waals surface area contributed by atoms with Gasteiger partial charge in [-0.1, -0.05) is 23.7 Å². The molecule has 1 aliphatic heterocycles. The first kappa shape index (κ1) is 22.3. The van der Waals surface area contributed by atoms with Gasteiger partial charge in [0.05, 0.1) is 16.2 Å². The van der Waals surface area contributed by atoms with Crippen LogP contribution in [0.5, 0.6) is 5.75 Å². The predicted molar refractivity (Wildman–Crippen MR) is 150 cm³/mol. The number of hydrogen-bond donors (Lipinski definition) is 1. The van der Waals surface area contributed by atoms with Crippen molar-refractivity contribution in [3.05, 3.63) is 70.2 Å². The molecule has 0 aromatic heterocycles. The van der Waals surface area contributed by atoms with Crippen LogP contribution < -0.4 is 15.4 Å². The Morgan fingerprint density at radius 2 is 1.74 bits per heavy atom.